The maximum Gasteiger partial charge on any atom is 0.311 e. The van der Waals surface area contributed by atoms with E-state index in [0.29, 0.717) is 27.3 Å². The summed E-state index contributed by atoms with van der Waals surface area (Å²) in [5, 5.41) is 27.3. The van der Waals surface area contributed by atoms with Crippen LogP contribution in [0.4, 0.5) is 17.1 Å². The van der Waals surface area contributed by atoms with E-state index >= 15 is 0 Å². The molecular weight excluding hydrogens is 530 g/mol. The number of ether oxygens (including phenoxy) is 1. The number of thiazole rings is 1. The highest BCUT2D eigenvalue weighted by Gasteiger charge is 2.20. The smallest absolute Gasteiger partial charge is 0.311 e. The van der Waals surface area contributed by atoms with Crippen molar-refractivity contribution >= 4 is 62.7 Å². The molecule has 2 heterocycles. The zero-order valence-electron chi connectivity index (χ0n) is 19.1. The van der Waals surface area contributed by atoms with E-state index in [2.05, 4.69) is 16.4 Å². The summed E-state index contributed by atoms with van der Waals surface area (Å²) < 4.78 is 6.00. The summed E-state index contributed by atoms with van der Waals surface area (Å²) >= 11 is 9.60. The van der Waals surface area contributed by atoms with Crippen molar-refractivity contribution in [3.63, 3.8) is 0 Å². The van der Waals surface area contributed by atoms with Gasteiger partial charge in [0.1, 0.15) is 6.07 Å². The molecule has 0 radical (unpaired) electrons. The Morgan fingerprint density at radius 2 is 2.00 bits per heavy atom. The minimum atomic E-state index is -0.536. The van der Waals surface area contributed by atoms with Crippen LogP contribution in [-0.4, -0.2) is 22.0 Å². The summed E-state index contributed by atoms with van der Waals surface area (Å²) in [6.45, 7) is 0. The summed E-state index contributed by atoms with van der Waals surface area (Å²) in [5.74, 6) is 0.0858. The van der Waals surface area contributed by atoms with Crippen LogP contribution < -0.4 is 10.1 Å². The van der Waals surface area contributed by atoms with Gasteiger partial charge in [-0.05, 0) is 18.2 Å². The van der Waals surface area contributed by atoms with Crippen LogP contribution in [0.3, 0.4) is 0 Å². The zero-order valence-corrected chi connectivity index (χ0v) is 21.5. The van der Waals surface area contributed by atoms with Crippen LogP contribution in [0.5, 0.6) is 5.75 Å². The van der Waals surface area contributed by atoms with Gasteiger partial charge in [0.15, 0.2) is 10.1 Å². The molecule has 182 valence electrons. The molecule has 37 heavy (non-hydrogen) atoms. The predicted octanol–water partition coefficient (Wildman–Crippen LogP) is 7.69. The highest BCUT2D eigenvalue weighted by atomic mass is 35.5. The minimum absolute atomic E-state index is 0.0858. The maximum absolute atomic E-state index is 11.6. The van der Waals surface area contributed by atoms with E-state index in [1.807, 2.05) is 47.8 Å². The molecule has 0 aliphatic carbocycles. The Hall–Kier alpha value is -4.17. The maximum atomic E-state index is 11.6. The first-order valence-corrected chi connectivity index (χ1v) is 12.8. The fraction of sp³-hybridized carbons (Fsp3) is 0.0385. The molecule has 8 nitrogen and oxygen atoms in total. The van der Waals surface area contributed by atoms with E-state index in [9.17, 15) is 15.4 Å². The van der Waals surface area contributed by atoms with E-state index < -0.39 is 4.92 Å². The van der Waals surface area contributed by atoms with Crippen molar-refractivity contribution < 1.29 is 9.66 Å². The summed E-state index contributed by atoms with van der Waals surface area (Å²) in [5.41, 5.74) is 3.41. The van der Waals surface area contributed by atoms with Gasteiger partial charge in [-0.2, -0.15) is 5.26 Å². The first-order valence-electron chi connectivity index (χ1n) is 10.8. The number of rotatable bonds is 7. The van der Waals surface area contributed by atoms with Gasteiger partial charge in [0.2, 0.25) is 0 Å². The Morgan fingerprint density at radius 3 is 2.70 bits per heavy atom. The van der Waals surface area contributed by atoms with Crippen LogP contribution in [0.2, 0.25) is 5.02 Å². The fourth-order valence-corrected chi connectivity index (χ4v) is 5.76. The molecule has 0 bridgehead atoms. The standard InChI is InChI=1S/C26H16ClN5O3S2/c1-35-23-11-20-18(10-22(23)32(33)34)25(16(12-28)13-29-20)30-17-7-8-24(19(27)9-17)37-26-31-21(14-36-26)15-5-3-2-4-6-15/h2-11,13-14H,1H3,(H,29,30). The molecule has 0 atom stereocenters. The molecule has 5 aromatic rings. The lowest BCUT2D eigenvalue weighted by Crippen LogP contribution is -1.99. The average Bonchev–Trinajstić information content (AvgIpc) is 3.38. The molecule has 11 heteroatoms. The Balaban J connectivity index is 1.45. The number of nitrogens with zero attached hydrogens (tertiary/aromatic N) is 4. The van der Waals surface area contributed by atoms with Gasteiger partial charge in [-0.15, -0.1) is 11.3 Å². The highest BCUT2D eigenvalue weighted by Crippen LogP contribution is 2.40. The number of nitriles is 1. The molecule has 0 saturated carbocycles. The van der Waals surface area contributed by atoms with Crippen molar-refractivity contribution in [2.75, 3.05) is 12.4 Å². The molecule has 0 fully saturated rings. The molecule has 0 aliphatic heterocycles. The summed E-state index contributed by atoms with van der Waals surface area (Å²) in [6, 6.07) is 20.3. The third-order valence-corrected chi connectivity index (χ3v) is 7.88. The number of halogens is 1. The van der Waals surface area contributed by atoms with Crippen molar-refractivity contribution in [2.45, 2.75) is 9.24 Å². The number of fused-ring (bicyclic) bond motifs is 1. The van der Waals surface area contributed by atoms with E-state index in [1.165, 1.54) is 48.5 Å². The van der Waals surface area contributed by atoms with Gasteiger partial charge in [-0.25, -0.2) is 4.98 Å². The number of hydrogen-bond donors (Lipinski definition) is 1. The number of methoxy groups -OCH3 is 1. The number of nitrogens with one attached hydrogen (secondary N) is 1. The zero-order chi connectivity index (χ0) is 25.9. The third-order valence-electron chi connectivity index (χ3n) is 5.44. The Morgan fingerprint density at radius 1 is 1.19 bits per heavy atom. The van der Waals surface area contributed by atoms with Gasteiger partial charge < -0.3 is 10.1 Å². The number of nitro benzene ring substituents is 1. The number of nitro groups is 1. The van der Waals surface area contributed by atoms with E-state index in [-0.39, 0.29) is 17.0 Å². The monoisotopic (exact) mass is 545 g/mol. The van der Waals surface area contributed by atoms with E-state index in [0.717, 1.165) is 20.5 Å². The second kappa shape index (κ2) is 10.4. The summed E-state index contributed by atoms with van der Waals surface area (Å²) in [4.78, 5) is 20.8. The lowest BCUT2D eigenvalue weighted by molar-refractivity contribution is -0.385. The Bertz CT molecular complexity index is 1690. The molecular formula is C26H16ClN5O3S2. The lowest BCUT2D eigenvalue weighted by Gasteiger charge is -2.13. The van der Waals surface area contributed by atoms with Crippen LogP contribution in [0.15, 0.2) is 81.5 Å². The minimum Gasteiger partial charge on any atom is -0.490 e. The van der Waals surface area contributed by atoms with Crippen molar-refractivity contribution in [3.05, 3.63) is 92.9 Å². The average molecular weight is 546 g/mol. The number of benzene rings is 3. The molecule has 3 aromatic carbocycles. The molecule has 1 N–H and O–H groups in total. The fourth-order valence-electron chi connectivity index (χ4n) is 3.68. The molecule has 0 saturated heterocycles. The van der Waals surface area contributed by atoms with Gasteiger partial charge >= 0.3 is 5.69 Å². The van der Waals surface area contributed by atoms with Gasteiger partial charge in [0, 0.05) is 45.2 Å². The van der Waals surface area contributed by atoms with E-state index in [4.69, 9.17) is 21.3 Å². The molecule has 5 rings (SSSR count). The van der Waals surface area contributed by atoms with Gasteiger partial charge in [0.25, 0.3) is 0 Å². The van der Waals surface area contributed by atoms with Gasteiger partial charge in [-0.1, -0.05) is 53.7 Å². The highest BCUT2D eigenvalue weighted by molar-refractivity contribution is 8.01. The van der Waals surface area contributed by atoms with Crippen LogP contribution in [-0.2, 0) is 0 Å². The van der Waals surface area contributed by atoms with Crippen LogP contribution in [0.25, 0.3) is 22.2 Å². The summed E-state index contributed by atoms with van der Waals surface area (Å²) in [6.07, 6.45) is 1.41. The van der Waals surface area contributed by atoms with E-state index in [1.54, 1.807) is 6.07 Å². The Labute approximate surface area is 224 Å². The second-order valence-electron chi connectivity index (χ2n) is 7.69. The quantitative estimate of drug-likeness (QED) is 0.163. The van der Waals surface area contributed by atoms with Crippen LogP contribution in [0, 0.1) is 21.4 Å². The largest absolute Gasteiger partial charge is 0.490 e. The first kappa shape index (κ1) is 24.5. The number of pyridine rings is 1. The number of hydrogen-bond acceptors (Lipinski definition) is 9. The van der Waals surface area contributed by atoms with Crippen molar-refractivity contribution in [1.29, 1.82) is 5.26 Å². The Kier molecular flexibility index (Phi) is 6.92. The number of aromatic nitrogens is 2. The van der Waals surface area contributed by atoms with Crippen molar-refractivity contribution in [1.82, 2.24) is 9.97 Å². The third kappa shape index (κ3) is 5.06. The normalized spacial score (nSPS) is 10.7. The van der Waals surface area contributed by atoms with Crippen molar-refractivity contribution in [3.8, 4) is 23.1 Å². The van der Waals surface area contributed by atoms with Crippen LogP contribution >= 0.6 is 34.7 Å². The molecule has 0 unspecified atom stereocenters. The lowest BCUT2D eigenvalue weighted by atomic mass is 10.1. The molecule has 2 aromatic heterocycles. The molecule has 0 amide bonds. The van der Waals surface area contributed by atoms with Gasteiger partial charge in [-0.3, -0.25) is 15.1 Å². The van der Waals surface area contributed by atoms with Crippen molar-refractivity contribution in [2.24, 2.45) is 0 Å². The second-order valence-corrected chi connectivity index (χ2v) is 10.2. The first-order chi connectivity index (χ1) is 18.0. The predicted molar refractivity (Wildman–Crippen MR) is 146 cm³/mol. The van der Waals surface area contributed by atoms with Crippen LogP contribution in [0.1, 0.15) is 5.56 Å². The molecule has 0 spiro atoms. The van der Waals surface area contributed by atoms with Gasteiger partial charge in [0.05, 0.1) is 39.5 Å². The summed E-state index contributed by atoms with van der Waals surface area (Å²) in [7, 11) is 1.35. The SMILES string of the molecule is COc1cc2ncc(C#N)c(Nc3ccc(Sc4nc(-c5ccccc5)cs4)c(Cl)c3)c2cc1[N+](=O)[O-]. The molecule has 0 aliphatic rings. The topological polar surface area (TPSA) is 114 Å². The number of anilines is 2.